The Balaban J connectivity index is 0.000000706. The zero-order chi connectivity index (χ0) is 33.5. The molecule has 0 aliphatic heterocycles. The first-order chi connectivity index (χ1) is 19.6. The number of amides is 1. The molecule has 1 amide bonds. The molecule has 0 spiro atoms. The van der Waals surface area contributed by atoms with E-state index in [4.69, 9.17) is 45.3 Å². The maximum absolute atomic E-state index is 11.7. The molecule has 2 aromatic carbocycles. The summed E-state index contributed by atoms with van der Waals surface area (Å²) < 4.78 is 4.03. The first kappa shape index (κ1) is 41.0. The van der Waals surface area contributed by atoms with Crippen LogP contribution in [0.15, 0.2) is 48.5 Å². The van der Waals surface area contributed by atoms with Crippen molar-refractivity contribution in [1.29, 1.82) is 0 Å². The summed E-state index contributed by atoms with van der Waals surface area (Å²) in [7, 11) is 0. The molecule has 0 heterocycles. The fourth-order valence-corrected chi connectivity index (χ4v) is 4.72. The maximum atomic E-state index is 11.7. The monoisotopic (exact) mass is 658 g/mol. The van der Waals surface area contributed by atoms with Crippen LogP contribution >= 0.6 is 34.8 Å². The van der Waals surface area contributed by atoms with Crippen molar-refractivity contribution < 1.29 is 19.4 Å². The van der Waals surface area contributed by atoms with Crippen molar-refractivity contribution in [2.24, 2.45) is 11.7 Å². The van der Waals surface area contributed by atoms with Gasteiger partial charge in [0, 0.05) is 12.5 Å². The quantitative estimate of drug-likeness (QED) is 0.233. The largest absolute Gasteiger partial charge is 0.480 e. The van der Waals surface area contributed by atoms with Gasteiger partial charge < -0.3 is 20.9 Å². The number of carboxylic acid groups (broad SMARTS) is 1. The smallest absolute Gasteiger partial charge is 0.408 e. The second-order valence-electron chi connectivity index (χ2n) is 12.9. The molecule has 6 nitrogen and oxygen atoms in total. The zero-order valence-electron chi connectivity index (χ0n) is 27.5. The Morgan fingerprint density at radius 1 is 0.791 bits per heavy atom. The van der Waals surface area contributed by atoms with Gasteiger partial charge in [0.15, 0.2) is 3.79 Å². The van der Waals surface area contributed by atoms with E-state index in [-0.39, 0.29) is 12.5 Å². The number of carboxylic acids is 1. The minimum Gasteiger partial charge on any atom is -0.480 e. The van der Waals surface area contributed by atoms with Crippen LogP contribution in [0.2, 0.25) is 0 Å². The SMILES string of the molecule is CC(C)CC(Cl)(Cl)Cl.CC(C)c1ccc(CC(NC(=O)OC(C)(C)C)C(=O)O)cc1.CC(N)Cc1ccc(C(C)C)cc1. The lowest BCUT2D eigenvalue weighted by atomic mass is 9.99. The van der Waals surface area contributed by atoms with Crippen molar-refractivity contribution in [2.45, 2.75) is 122 Å². The lowest BCUT2D eigenvalue weighted by Crippen LogP contribution is -2.44. The van der Waals surface area contributed by atoms with Crippen LogP contribution in [0.25, 0.3) is 0 Å². The van der Waals surface area contributed by atoms with Gasteiger partial charge in [-0.15, -0.1) is 0 Å². The first-order valence-corrected chi connectivity index (χ1v) is 15.9. The number of carbonyl (C=O) groups excluding carboxylic acids is 1. The Morgan fingerprint density at radius 2 is 1.19 bits per heavy atom. The molecule has 0 fully saturated rings. The number of halogens is 3. The van der Waals surface area contributed by atoms with Crippen LogP contribution in [0, 0.1) is 5.92 Å². The Morgan fingerprint density at radius 3 is 1.44 bits per heavy atom. The van der Waals surface area contributed by atoms with E-state index in [1.807, 2.05) is 45.0 Å². The third-order valence-electron chi connectivity index (χ3n) is 5.92. The molecule has 4 N–H and O–H groups in total. The minimum atomic E-state index is -1.08. The van der Waals surface area contributed by atoms with Crippen LogP contribution in [0.5, 0.6) is 0 Å². The van der Waals surface area contributed by atoms with Crippen molar-refractivity contribution in [3.05, 3.63) is 70.8 Å². The van der Waals surface area contributed by atoms with Gasteiger partial charge in [0.1, 0.15) is 11.6 Å². The third-order valence-corrected chi connectivity index (χ3v) is 6.38. The summed E-state index contributed by atoms with van der Waals surface area (Å²) >= 11 is 16.4. The van der Waals surface area contributed by atoms with E-state index in [2.05, 4.69) is 57.3 Å². The molecule has 0 saturated carbocycles. The van der Waals surface area contributed by atoms with E-state index in [1.54, 1.807) is 20.8 Å². The van der Waals surface area contributed by atoms with Crippen molar-refractivity contribution >= 4 is 46.9 Å². The Kier molecular flexibility index (Phi) is 18.5. The fraction of sp³-hybridized carbons (Fsp3) is 0.588. The number of carbonyl (C=O) groups is 2. The molecule has 43 heavy (non-hydrogen) atoms. The number of hydrogen-bond donors (Lipinski definition) is 3. The molecular formula is C34H53Cl3N2O4. The molecule has 2 aromatic rings. The highest BCUT2D eigenvalue weighted by molar-refractivity contribution is 6.67. The van der Waals surface area contributed by atoms with E-state index in [0.29, 0.717) is 24.2 Å². The third kappa shape index (κ3) is 21.4. The minimum absolute atomic E-state index is 0.215. The summed E-state index contributed by atoms with van der Waals surface area (Å²) in [6, 6.07) is 15.7. The summed E-state index contributed by atoms with van der Waals surface area (Å²) in [6.07, 6.45) is 1.09. The van der Waals surface area contributed by atoms with Crippen LogP contribution in [0.1, 0.15) is 110 Å². The number of hydrogen-bond acceptors (Lipinski definition) is 4. The van der Waals surface area contributed by atoms with Crippen LogP contribution in [-0.2, 0) is 22.4 Å². The second kappa shape index (κ2) is 19.4. The van der Waals surface area contributed by atoms with Crippen LogP contribution in [0.4, 0.5) is 4.79 Å². The summed E-state index contributed by atoms with van der Waals surface area (Å²) in [5, 5.41) is 11.7. The molecule has 9 heteroatoms. The number of nitrogens with two attached hydrogens (primary N) is 1. The van der Waals surface area contributed by atoms with Crippen LogP contribution < -0.4 is 11.1 Å². The van der Waals surface area contributed by atoms with Gasteiger partial charge in [-0.05, 0) is 80.5 Å². The summed E-state index contributed by atoms with van der Waals surface area (Å²) in [6.45, 7) is 19.9. The summed E-state index contributed by atoms with van der Waals surface area (Å²) in [5.74, 6) is 0.398. The Labute approximate surface area is 275 Å². The number of benzene rings is 2. The standard InChI is InChI=1S/C17H25NO4.C12H19N.C5H9Cl3/c1-11(2)13-8-6-12(7-9-13)10-14(15(19)20)18-16(21)22-17(3,4)5;1-9(2)12-6-4-11(5-7-12)8-10(3)13;1-4(2)3-5(6,7)8/h6-9,11,14H,10H2,1-5H3,(H,18,21)(H,19,20);4-7,9-10H,8,13H2,1-3H3;4H,3H2,1-2H3. The fourth-order valence-electron chi connectivity index (χ4n) is 3.80. The molecule has 0 saturated heterocycles. The van der Waals surface area contributed by atoms with Gasteiger partial charge in [0.25, 0.3) is 0 Å². The van der Waals surface area contributed by atoms with Gasteiger partial charge in [0.2, 0.25) is 0 Å². The molecule has 244 valence electrons. The number of ether oxygens (including phenoxy) is 1. The van der Waals surface area contributed by atoms with Crippen molar-refractivity contribution in [2.75, 3.05) is 0 Å². The average Bonchev–Trinajstić information content (AvgIpc) is 2.82. The van der Waals surface area contributed by atoms with Crippen molar-refractivity contribution in [3.8, 4) is 0 Å². The average molecular weight is 660 g/mol. The molecule has 0 aliphatic carbocycles. The van der Waals surface area contributed by atoms with Crippen LogP contribution in [-0.4, -0.2) is 38.6 Å². The lowest BCUT2D eigenvalue weighted by Gasteiger charge is -2.22. The normalized spacial score (nSPS) is 13.0. The highest BCUT2D eigenvalue weighted by atomic mass is 35.6. The molecule has 0 bridgehead atoms. The van der Waals surface area contributed by atoms with Gasteiger partial charge in [-0.2, -0.15) is 0 Å². The van der Waals surface area contributed by atoms with Crippen molar-refractivity contribution in [1.82, 2.24) is 5.32 Å². The second-order valence-corrected chi connectivity index (χ2v) is 15.4. The van der Waals surface area contributed by atoms with Crippen LogP contribution in [0.3, 0.4) is 0 Å². The van der Waals surface area contributed by atoms with Crippen molar-refractivity contribution in [3.63, 3.8) is 0 Å². The maximum Gasteiger partial charge on any atom is 0.408 e. The highest BCUT2D eigenvalue weighted by Crippen LogP contribution is 2.32. The molecule has 2 atom stereocenters. The molecule has 0 aromatic heterocycles. The number of alkyl halides is 3. The molecule has 0 radical (unpaired) electrons. The molecule has 2 rings (SSSR count). The zero-order valence-corrected chi connectivity index (χ0v) is 29.8. The summed E-state index contributed by atoms with van der Waals surface area (Å²) in [4.78, 5) is 23.0. The molecular weight excluding hydrogens is 607 g/mol. The number of nitrogens with one attached hydrogen (secondary N) is 1. The number of aliphatic carboxylic acids is 1. The van der Waals surface area contributed by atoms with E-state index in [1.165, 1.54) is 16.7 Å². The van der Waals surface area contributed by atoms with Gasteiger partial charge in [0.05, 0.1) is 0 Å². The number of rotatable bonds is 9. The predicted octanol–water partition coefficient (Wildman–Crippen LogP) is 9.43. The van der Waals surface area contributed by atoms with E-state index >= 15 is 0 Å². The van der Waals surface area contributed by atoms with E-state index < -0.39 is 27.5 Å². The van der Waals surface area contributed by atoms with Gasteiger partial charge in [-0.1, -0.05) is 125 Å². The van der Waals surface area contributed by atoms with E-state index in [0.717, 1.165) is 12.0 Å². The predicted molar refractivity (Wildman–Crippen MR) is 183 cm³/mol. The highest BCUT2D eigenvalue weighted by Gasteiger charge is 2.24. The first-order valence-electron chi connectivity index (χ1n) is 14.8. The topological polar surface area (TPSA) is 102 Å². The Hall–Kier alpha value is -1.99. The number of alkyl carbamates (subject to hydrolysis) is 1. The molecule has 2 unspecified atom stereocenters. The van der Waals surface area contributed by atoms with Gasteiger partial charge in [-0.3, -0.25) is 0 Å². The summed E-state index contributed by atoms with van der Waals surface area (Å²) in [5.41, 5.74) is 9.84. The van der Waals surface area contributed by atoms with Gasteiger partial charge in [-0.25, -0.2) is 9.59 Å². The lowest BCUT2D eigenvalue weighted by molar-refractivity contribution is -0.139. The molecule has 0 aliphatic rings. The van der Waals surface area contributed by atoms with Gasteiger partial charge >= 0.3 is 12.1 Å². The Bertz CT molecular complexity index is 1070. The van der Waals surface area contributed by atoms with E-state index in [9.17, 15) is 14.7 Å².